The molecule has 168 valence electrons. The molecule has 0 aliphatic heterocycles. The molecule has 0 aliphatic rings. The lowest BCUT2D eigenvalue weighted by Crippen LogP contribution is -1.97. The number of aryl methyl sites for hydroxylation is 2. The van der Waals surface area contributed by atoms with Gasteiger partial charge in [-0.15, -0.1) is 16.4 Å². The largest absolute Gasteiger partial charge is 0.493 e. The predicted octanol–water partition coefficient (Wildman–Crippen LogP) is 5.76. The van der Waals surface area contributed by atoms with Crippen LogP contribution >= 0.6 is 11.3 Å². The molecule has 7 nitrogen and oxygen atoms in total. The molecule has 2 aromatic carbocycles. The zero-order valence-electron chi connectivity index (χ0n) is 18.9. The van der Waals surface area contributed by atoms with E-state index in [0.717, 1.165) is 54.4 Å². The molecule has 0 aliphatic carbocycles. The van der Waals surface area contributed by atoms with E-state index in [0.29, 0.717) is 12.4 Å². The summed E-state index contributed by atoms with van der Waals surface area (Å²) in [6.07, 6.45) is 1.73. The molecule has 0 spiro atoms. The van der Waals surface area contributed by atoms with Gasteiger partial charge in [-0.25, -0.2) is 19.5 Å². The van der Waals surface area contributed by atoms with Gasteiger partial charge in [0.15, 0.2) is 23.0 Å². The van der Waals surface area contributed by atoms with E-state index in [1.54, 1.807) is 29.3 Å². The van der Waals surface area contributed by atoms with Crippen LogP contribution in [0, 0.1) is 13.8 Å². The van der Waals surface area contributed by atoms with Gasteiger partial charge in [-0.3, -0.25) is 0 Å². The van der Waals surface area contributed by atoms with Gasteiger partial charge in [0.25, 0.3) is 0 Å². The number of pyridine rings is 1. The van der Waals surface area contributed by atoms with Crippen molar-refractivity contribution in [2.24, 2.45) is 0 Å². The van der Waals surface area contributed by atoms with Gasteiger partial charge in [0.2, 0.25) is 0 Å². The van der Waals surface area contributed by atoms with E-state index in [2.05, 4.69) is 23.1 Å². The van der Waals surface area contributed by atoms with Gasteiger partial charge in [0, 0.05) is 16.6 Å². The first-order chi connectivity index (χ1) is 16.6. The number of hydrogen-bond donors (Lipinski definition) is 0. The first kappa shape index (κ1) is 20.6. The number of fused-ring (bicyclic) bond motifs is 5. The zero-order chi connectivity index (χ0) is 23.2. The third-order valence-electron chi connectivity index (χ3n) is 5.77. The topological polar surface area (TPSA) is 74.4 Å². The average molecular weight is 468 g/mol. The molecule has 0 radical (unpaired) electrons. The monoisotopic (exact) mass is 467 g/mol. The van der Waals surface area contributed by atoms with Crippen LogP contribution in [0.4, 0.5) is 0 Å². The van der Waals surface area contributed by atoms with Crippen LogP contribution in [0.1, 0.15) is 16.8 Å². The molecule has 0 saturated heterocycles. The number of rotatable bonds is 5. The lowest BCUT2D eigenvalue weighted by Gasteiger charge is -2.10. The van der Waals surface area contributed by atoms with Crippen molar-refractivity contribution in [3.63, 3.8) is 0 Å². The SMILES string of the molecule is COc1ccccc1OCc1ccc(-c2nc3c4sc5nc(C)cc(C)c5c4ncn3n2)cc1. The lowest BCUT2D eigenvalue weighted by atomic mass is 10.1. The molecule has 0 amide bonds. The Bertz CT molecular complexity index is 1670. The van der Waals surface area contributed by atoms with Crippen LogP contribution < -0.4 is 9.47 Å². The van der Waals surface area contributed by atoms with Crippen LogP contribution in [0.15, 0.2) is 60.9 Å². The Morgan fingerprint density at radius 1 is 0.971 bits per heavy atom. The maximum absolute atomic E-state index is 5.93. The third kappa shape index (κ3) is 3.43. The Balaban J connectivity index is 1.32. The summed E-state index contributed by atoms with van der Waals surface area (Å²) in [6.45, 7) is 4.56. The van der Waals surface area contributed by atoms with E-state index in [1.165, 1.54) is 5.56 Å². The normalized spacial score (nSPS) is 11.5. The molecule has 0 saturated carbocycles. The van der Waals surface area contributed by atoms with Crippen molar-refractivity contribution in [3.05, 3.63) is 77.7 Å². The van der Waals surface area contributed by atoms with Crippen molar-refractivity contribution in [1.29, 1.82) is 0 Å². The van der Waals surface area contributed by atoms with Crippen LogP contribution in [0.5, 0.6) is 11.5 Å². The minimum absolute atomic E-state index is 0.442. The minimum atomic E-state index is 0.442. The summed E-state index contributed by atoms with van der Waals surface area (Å²) in [5.74, 6) is 2.09. The van der Waals surface area contributed by atoms with Gasteiger partial charge < -0.3 is 9.47 Å². The van der Waals surface area contributed by atoms with E-state index in [9.17, 15) is 0 Å². The smallest absolute Gasteiger partial charge is 0.182 e. The second kappa shape index (κ2) is 8.07. The first-order valence-corrected chi connectivity index (χ1v) is 11.7. The maximum atomic E-state index is 5.93. The minimum Gasteiger partial charge on any atom is -0.493 e. The summed E-state index contributed by atoms with van der Waals surface area (Å²) in [4.78, 5) is 15.2. The Labute approximate surface area is 199 Å². The quantitative estimate of drug-likeness (QED) is 0.321. The van der Waals surface area contributed by atoms with Crippen molar-refractivity contribution in [3.8, 4) is 22.9 Å². The molecular formula is C26H21N5O2S. The van der Waals surface area contributed by atoms with Gasteiger partial charge in [0.1, 0.15) is 22.5 Å². The van der Waals surface area contributed by atoms with Gasteiger partial charge in [0.05, 0.1) is 12.6 Å². The highest BCUT2D eigenvalue weighted by Gasteiger charge is 2.17. The second-order valence-corrected chi connectivity index (χ2v) is 9.12. The summed E-state index contributed by atoms with van der Waals surface area (Å²) >= 11 is 1.61. The van der Waals surface area contributed by atoms with Gasteiger partial charge in [-0.1, -0.05) is 36.4 Å². The highest BCUT2D eigenvalue weighted by atomic mass is 32.1. The predicted molar refractivity (Wildman–Crippen MR) is 134 cm³/mol. The molecule has 4 aromatic heterocycles. The van der Waals surface area contributed by atoms with Crippen molar-refractivity contribution >= 4 is 37.4 Å². The number of hydrogen-bond acceptors (Lipinski definition) is 7. The number of ether oxygens (including phenoxy) is 2. The number of thiophene rings is 1. The van der Waals surface area contributed by atoms with Crippen LogP contribution in [0.25, 0.3) is 37.5 Å². The van der Waals surface area contributed by atoms with Crippen molar-refractivity contribution in [1.82, 2.24) is 24.6 Å². The number of methoxy groups -OCH3 is 1. The van der Waals surface area contributed by atoms with Crippen molar-refractivity contribution < 1.29 is 9.47 Å². The summed E-state index contributed by atoms with van der Waals surface area (Å²) in [5, 5.41) is 5.77. The van der Waals surface area contributed by atoms with Gasteiger partial charge in [-0.05, 0) is 43.2 Å². The highest BCUT2D eigenvalue weighted by molar-refractivity contribution is 7.26. The second-order valence-electron chi connectivity index (χ2n) is 8.13. The fourth-order valence-electron chi connectivity index (χ4n) is 4.14. The number of nitrogens with zero attached hydrogens (tertiary/aromatic N) is 5. The molecule has 6 rings (SSSR count). The van der Waals surface area contributed by atoms with Crippen molar-refractivity contribution in [2.75, 3.05) is 7.11 Å². The number of para-hydroxylation sites is 2. The standard InChI is InChI=1S/C26H21N5O2S/c1-15-12-16(2)28-26-21(15)22-23(34-26)25-29-24(30-31(25)14-27-22)18-10-8-17(9-11-18)13-33-20-7-5-4-6-19(20)32-3/h4-12,14H,13H2,1-3H3. The fraction of sp³-hybridized carbons (Fsp3) is 0.154. The summed E-state index contributed by atoms with van der Waals surface area (Å²) in [6, 6.07) is 17.8. The van der Waals surface area contributed by atoms with Crippen LogP contribution in [-0.2, 0) is 6.61 Å². The maximum Gasteiger partial charge on any atom is 0.182 e. The Kier molecular flexibility index (Phi) is 4.88. The van der Waals surface area contributed by atoms with E-state index in [-0.39, 0.29) is 0 Å². The molecule has 6 aromatic rings. The number of aromatic nitrogens is 5. The molecule has 4 heterocycles. The number of benzene rings is 2. The Hall–Kier alpha value is -4.04. The van der Waals surface area contributed by atoms with Crippen LogP contribution in [-0.4, -0.2) is 31.7 Å². The average Bonchev–Trinajstić information content (AvgIpc) is 3.44. The van der Waals surface area contributed by atoms with E-state index in [4.69, 9.17) is 19.4 Å². The molecule has 0 atom stereocenters. The van der Waals surface area contributed by atoms with Crippen molar-refractivity contribution in [2.45, 2.75) is 20.5 Å². The lowest BCUT2D eigenvalue weighted by molar-refractivity contribution is 0.284. The molecule has 0 bridgehead atoms. The first-order valence-electron chi connectivity index (χ1n) is 10.9. The van der Waals surface area contributed by atoms with Gasteiger partial charge in [-0.2, -0.15) is 0 Å². The van der Waals surface area contributed by atoms with Gasteiger partial charge >= 0.3 is 0 Å². The van der Waals surface area contributed by atoms with Crippen LogP contribution in [0.2, 0.25) is 0 Å². The molecular weight excluding hydrogens is 446 g/mol. The highest BCUT2D eigenvalue weighted by Crippen LogP contribution is 2.36. The molecule has 0 fully saturated rings. The summed E-state index contributed by atoms with van der Waals surface area (Å²) < 4.78 is 14.0. The Morgan fingerprint density at radius 2 is 1.76 bits per heavy atom. The summed E-state index contributed by atoms with van der Waals surface area (Å²) in [5.41, 5.74) is 5.89. The molecule has 0 N–H and O–H groups in total. The Morgan fingerprint density at radius 3 is 2.56 bits per heavy atom. The van der Waals surface area contributed by atoms with E-state index >= 15 is 0 Å². The molecule has 8 heteroatoms. The molecule has 0 unspecified atom stereocenters. The zero-order valence-corrected chi connectivity index (χ0v) is 19.8. The van der Waals surface area contributed by atoms with E-state index < -0.39 is 0 Å². The van der Waals surface area contributed by atoms with E-state index in [1.807, 2.05) is 55.5 Å². The van der Waals surface area contributed by atoms with Crippen LogP contribution in [0.3, 0.4) is 0 Å². The summed E-state index contributed by atoms with van der Waals surface area (Å²) in [7, 11) is 1.64. The molecule has 34 heavy (non-hydrogen) atoms. The third-order valence-corrected chi connectivity index (χ3v) is 6.84. The fourth-order valence-corrected chi connectivity index (χ4v) is 5.36.